The zero-order valence-electron chi connectivity index (χ0n) is 14.9. The minimum atomic E-state index is 0. The lowest BCUT2D eigenvalue weighted by molar-refractivity contribution is 0.123. The largest absolute Gasteiger partial charge is 0.381 e. The highest BCUT2D eigenvalue weighted by atomic mass is 127. The van der Waals surface area contributed by atoms with Gasteiger partial charge in [-0.1, -0.05) is 13.3 Å². The van der Waals surface area contributed by atoms with Gasteiger partial charge in [0, 0.05) is 39.4 Å². The van der Waals surface area contributed by atoms with Crippen LogP contribution in [0.3, 0.4) is 0 Å². The first-order valence-electron chi connectivity index (χ1n) is 9.09. The molecule has 1 unspecified atom stereocenters. The molecule has 1 atom stereocenters. The number of likely N-dealkylation sites (tertiary alicyclic amines) is 1. The van der Waals surface area contributed by atoms with Crippen molar-refractivity contribution in [2.24, 2.45) is 10.9 Å². The van der Waals surface area contributed by atoms with E-state index in [1.165, 1.54) is 38.6 Å². The number of hydrogen-bond acceptors (Lipinski definition) is 3. The lowest BCUT2D eigenvalue weighted by atomic mass is 10.0. The molecular formula is C17H35IN4O. The Balaban J connectivity index is 0.00000264. The number of halogens is 1. The van der Waals surface area contributed by atoms with Gasteiger partial charge in [-0.15, -0.1) is 24.0 Å². The van der Waals surface area contributed by atoms with Crippen LogP contribution in [0.1, 0.15) is 45.4 Å². The SMILES string of the molecule is CCN1CCCCC1CNC(=NC)NCCCOCC1CC1.I. The Morgan fingerprint density at radius 3 is 2.74 bits per heavy atom. The lowest BCUT2D eigenvalue weighted by Crippen LogP contribution is -2.49. The molecule has 0 bridgehead atoms. The van der Waals surface area contributed by atoms with Crippen LogP contribution in [-0.4, -0.2) is 63.3 Å². The van der Waals surface area contributed by atoms with Crippen molar-refractivity contribution in [1.29, 1.82) is 0 Å². The molecule has 0 aromatic rings. The van der Waals surface area contributed by atoms with Crippen LogP contribution in [0.4, 0.5) is 0 Å². The minimum absolute atomic E-state index is 0. The van der Waals surface area contributed by atoms with Crippen LogP contribution < -0.4 is 10.6 Å². The van der Waals surface area contributed by atoms with Gasteiger partial charge in [0.2, 0.25) is 0 Å². The van der Waals surface area contributed by atoms with Crippen molar-refractivity contribution in [3.05, 3.63) is 0 Å². The van der Waals surface area contributed by atoms with E-state index in [2.05, 4.69) is 27.4 Å². The van der Waals surface area contributed by atoms with E-state index < -0.39 is 0 Å². The van der Waals surface area contributed by atoms with Gasteiger partial charge in [0.1, 0.15) is 0 Å². The van der Waals surface area contributed by atoms with Crippen molar-refractivity contribution in [3.63, 3.8) is 0 Å². The predicted molar refractivity (Wildman–Crippen MR) is 108 cm³/mol. The maximum Gasteiger partial charge on any atom is 0.191 e. The first-order valence-corrected chi connectivity index (χ1v) is 9.09. The monoisotopic (exact) mass is 438 g/mol. The van der Waals surface area contributed by atoms with Crippen molar-refractivity contribution in [2.75, 3.05) is 46.4 Å². The second kappa shape index (κ2) is 12.3. The third kappa shape index (κ3) is 8.54. The maximum absolute atomic E-state index is 5.65. The van der Waals surface area contributed by atoms with Gasteiger partial charge in [-0.05, 0) is 51.1 Å². The van der Waals surface area contributed by atoms with E-state index in [9.17, 15) is 0 Å². The number of nitrogens with one attached hydrogen (secondary N) is 2. The summed E-state index contributed by atoms with van der Waals surface area (Å²) in [4.78, 5) is 6.89. The number of hydrogen-bond donors (Lipinski definition) is 2. The second-order valence-electron chi connectivity index (χ2n) is 6.53. The molecule has 1 saturated heterocycles. The topological polar surface area (TPSA) is 48.9 Å². The van der Waals surface area contributed by atoms with E-state index in [1.54, 1.807) is 0 Å². The quantitative estimate of drug-likeness (QED) is 0.251. The summed E-state index contributed by atoms with van der Waals surface area (Å²) in [5.74, 6) is 1.78. The van der Waals surface area contributed by atoms with E-state index >= 15 is 0 Å². The van der Waals surface area contributed by atoms with E-state index in [4.69, 9.17) is 4.74 Å². The molecule has 1 saturated carbocycles. The van der Waals surface area contributed by atoms with Crippen LogP contribution in [0, 0.1) is 5.92 Å². The fraction of sp³-hybridized carbons (Fsp3) is 0.941. The number of piperidine rings is 1. The molecule has 1 aliphatic heterocycles. The van der Waals surface area contributed by atoms with Crippen molar-refractivity contribution < 1.29 is 4.74 Å². The molecule has 5 nitrogen and oxygen atoms in total. The molecule has 0 aromatic carbocycles. The van der Waals surface area contributed by atoms with Gasteiger partial charge in [-0.25, -0.2) is 0 Å². The molecule has 2 fully saturated rings. The molecule has 0 spiro atoms. The van der Waals surface area contributed by atoms with Gasteiger partial charge in [0.15, 0.2) is 5.96 Å². The molecule has 2 rings (SSSR count). The Morgan fingerprint density at radius 2 is 2.04 bits per heavy atom. The van der Waals surface area contributed by atoms with Crippen LogP contribution in [0.25, 0.3) is 0 Å². The van der Waals surface area contributed by atoms with Crippen LogP contribution in [0.2, 0.25) is 0 Å². The summed E-state index contributed by atoms with van der Waals surface area (Å²) in [7, 11) is 1.84. The molecule has 23 heavy (non-hydrogen) atoms. The molecule has 1 heterocycles. The van der Waals surface area contributed by atoms with Gasteiger partial charge in [-0.2, -0.15) is 0 Å². The average molecular weight is 438 g/mol. The Hall–Kier alpha value is -0.0800. The molecule has 136 valence electrons. The van der Waals surface area contributed by atoms with Crippen molar-refractivity contribution in [1.82, 2.24) is 15.5 Å². The number of ether oxygens (including phenoxy) is 1. The van der Waals surface area contributed by atoms with Crippen LogP contribution in [0.5, 0.6) is 0 Å². The van der Waals surface area contributed by atoms with Crippen LogP contribution in [0.15, 0.2) is 4.99 Å². The number of likely N-dealkylation sites (N-methyl/N-ethyl adjacent to an activating group) is 1. The Kier molecular flexibility index (Phi) is 11.2. The van der Waals surface area contributed by atoms with Crippen molar-refractivity contribution >= 4 is 29.9 Å². The van der Waals surface area contributed by atoms with Gasteiger partial charge >= 0.3 is 0 Å². The third-order valence-corrected chi connectivity index (χ3v) is 4.69. The van der Waals surface area contributed by atoms with Gasteiger partial charge in [0.25, 0.3) is 0 Å². The Labute approximate surface area is 159 Å². The number of guanidine groups is 1. The fourth-order valence-electron chi connectivity index (χ4n) is 3.06. The summed E-state index contributed by atoms with van der Waals surface area (Å²) >= 11 is 0. The zero-order valence-corrected chi connectivity index (χ0v) is 17.2. The molecule has 2 aliphatic rings. The van der Waals surface area contributed by atoms with Gasteiger partial charge < -0.3 is 15.4 Å². The molecule has 2 N–H and O–H groups in total. The van der Waals surface area contributed by atoms with E-state index in [-0.39, 0.29) is 24.0 Å². The normalized spacial score (nSPS) is 22.5. The second-order valence-corrected chi connectivity index (χ2v) is 6.53. The van der Waals surface area contributed by atoms with Gasteiger partial charge in [-0.3, -0.25) is 9.89 Å². The highest BCUT2D eigenvalue weighted by Gasteiger charge is 2.21. The Morgan fingerprint density at radius 1 is 1.22 bits per heavy atom. The van der Waals surface area contributed by atoms with E-state index in [0.29, 0.717) is 6.04 Å². The number of rotatable bonds is 9. The molecule has 0 aromatic heterocycles. The van der Waals surface area contributed by atoms with E-state index in [0.717, 1.165) is 51.1 Å². The number of nitrogens with zero attached hydrogens (tertiary/aromatic N) is 2. The summed E-state index contributed by atoms with van der Waals surface area (Å²) in [6.45, 7) is 8.38. The summed E-state index contributed by atoms with van der Waals surface area (Å²) in [5, 5.41) is 6.86. The standard InChI is InChI=1S/C17H34N4O.HI/c1-3-21-11-5-4-7-16(21)13-20-17(18-2)19-10-6-12-22-14-15-8-9-15;/h15-16H,3-14H2,1-2H3,(H2,18,19,20);1H. The molecule has 6 heteroatoms. The van der Waals surface area contributed by atoms with Crippen LogP contribution >= 0.6 is 24.0 Å². The summed E-state index contributed by atoms with van der Waals surface area (Å²) in [5.41, 5.74) is 0. The van der Waals surface area contributed by atoms with Crippen molar-refractivity contribution in [2.45, 2.75) is 51.5 Å². The maximum atomic E-state index is 5.65. The molecular weight excluding hydrogens is 403 g/mol. The molecule has 1 aliphatic carbocycles. The fourth-order valence-corrected chi connectivity index (χ4v) is 3.06. The highest BCUT2D eigenvalue weighted by molar-refractivity contribution is 14.0. The molecule has 0 radical (unpaired) electrons. The molecule has 0 amide bonds. The summed E-state index contributed by atoms with van der Waals surface area (Å²) in [6.07, 6.45) is 7.77. The smallest absolute Gasteiger partial charge is 0.191 e. The summed E-state index contributed by atoms with van der Waals surface area (Å²) < 4.78 is 5.65. The highest BCUT2D eigenvalue weighted by Crippen LogP contribution is 2.28. The number of aliphatic imine (C=N–C) groups is 1. The van der Waals surface area contributed by atoms with Gasteiger partial charge in [0.05, 0.1) is 0 Å². The summed E-state index contributed by atoms with van der Waals surface area (Å²) in [6, 6.07) is 0.652. The zero-order chi connectivity index (χ0) is 15.6. The predicted octanol–water partition coefficient (Wildman–Crippen LogP) is 2.46. The average Bonchev–Trinajstić information content (AvgIpc) is 3.38. The lowest BCUT2D eigenvalue weighted by Gasteiger charge is -2.35. The minimum Gasteiger partial charge on any atom is -0.381 e. The third-order valence-electron chi connectivity index (χ3n) is 4.69. The van der Waals surface area contributed by atoms with Crippen LogP contribution in [-0.2, 0) is 4.74 Å². The van der Waals surface area contributed by atoms with Crippen molar-refractivity contribution in [3.8, 4) is 0 Å². The first kappa shape index (κ1) is 21.0. The van der Waals surface area contributed by atoms with E-state index in [1.807, 2.05) is 7.05 Å². The first-order chi connectivity index (χ1) is 10.8. The Bertz CT molecular complexity index is 337.